The SMILES string of the molecule is C(=NCC1CCNCC1)c1ccccc1.FC(F)(F)c1ccc(CBr)cc1.NCC1CCN(Cc2ccc(C(F)(F)F)cc2)CC1. The molecule has 46 heavy (non-hydrogen) atoms. The fourth-order valence-electron chi connectivity index (χ4n) is 5.13. The lowest BCUT2D eigenvalue weighted by Gasteiger charge is -2.31. The van der Waals surface area contributed by atoms with Crippen molar-refractivity contribution in [1.29, 1.82) is 0 Å². The largest absolute Gasteiger partial charge is 0.416 e. The molecule has 5 rings (SSSR count). The van der Waals surface area contributed by atoms with Crippen molar-refractivity contribution >= 4 is 22.1 Å². The normalized spacial score (nSPS) is 16.8. The van der Waals surface area contributed by atoms with Gasteiger partial charge in [-0.1, -0.05) is 70.5 Å². The second kappa shape index (κ2) is 19.2. The maximum atomic E-state index is 12.4. The van der Waals surface area contributed by atoms with E-state index in [0.717, 1.165) is 100.0 Å². The van der Waals surface area contributed by atoms with E-state index in [1.54, 1.807) is 12.1 Å². The van der Waals surface area contributed by atoms with Gasteiger partial charge in [0.25, 0.3) is 0 Å². The third kappa shape index (κ3) is 13.9. The fourth-order valence-corrected chi connectivity index (χ4v) is 5.50. The number of halogens is 7. The Hall–Kier alpha value is -2.73. The van der Waals surface area contributed by atoms with Gasteiger partial charge >= 0.3 is 12.4 Å². The first kappa shape index (κ1) is 37.7. The molecule has 0 saturated carbocycles. The van der Waals surface area contributed by atoms with Crippen LogP contribution in [0.1, 0.15) is 53.5 Å². The van der Waals surface area contributed by atoms with Gasteiger partial charge in [0, 0.05) is 24.6 Å². The standard InChI is InChI=1S/C14H19F3N2.C13H18N2.C8H6BrF3/c15-14(16,17)13-3-1-12(2-4-13)10-19-7-5-11(9-18)6-8-19;1-2-4-12(5-3-1)10-15-11-13-6-8-14-9-7-13;9-5-6-1-3-7(4-2-6)8(10,11)12/h1-4,11H,5-10,18H2;1-5,10,13-14H,6-9,11H2;1-4H,5H2. The summed E-state index contributed by atoms with van der Waals surface area (Å²) in [6.45, 7) is 6.70. The van der Waals surface area contributed by atoms with Crippen LogP contribution in [0.5, 0.6) is 0 Å². The average Bonchev–Trinajstić information content (AvgIpc) is 3.06. The topological polar surface area (TPSA) is 53.6 Å². The highest BCUT2D eigenvalue weighted by Crippen LogP contribution is 2.30. The molecule has 0 atom stereocenters. The summed E-state index contributed by atoms with van der Waals surface area (Å²) >= 11 is 3.15. The summed E-state index contributed by atoms with van der Waals surface area (Å²) in [6, 6.07) is 20.8. The molecule has 0 radical (unpaired) electrons. The number of piperidine rings is 2. The van der Waals surface area contributed by atoms with E-state index < -0.39 is 23.5 Å². The molecule has 4 nitrogen and oxygen atoms in total. The van der Waals surface area contributed by atoms with Crippen LogP contribution in [-0.4, -0.2) is 50.4 Å². The summed E-state index contributed by atoms with van der Waals surface area (Å²) in [4.78, 5) is 6.79. The molecule has 0 amide bonds. The number of nitrogens with zero attached hydrogens (tertiary/aromatic N) is 2. The van der Waals surface area contributed by atoms with Gasteiger partial charge in [-0.15, -0.1) is 0 Å². The van der Waals surface area contributed by atoms with Crippen LogP contribution in [0.25, 0.3) is 0 Å². The molecular formula is C35H43BrF6N4. The molecule has 2 saturated heterocycles. The molecular weight excluding hydrogens is 670 g/mol. The summed E-state index contributed by atoms with van der Waals surface area (Å²) < 4.78 is 73.3. The Bertz CT molecular complexity index is 1270. The van der Waals surface area contributed by atoms with Gasteiger partial charge < -0.3 is 11.1 Å². The lowest BCUT2D eigenvalue weighted by atomic mass is 9.97. The lowest BCUT2D eigenvalue weighted by molar-refractivity contribution is -0.138. The Kier molecular flexibility index (Phi) is 15.7. The lowest BCUT2D eigenvalue weighted by Crippen LogP contribution is -2.35. The van der Waals surface area contributed by atoms with E-state index in [2.05, 4.69) is 43.3 Å². The van der Waals surface area contributed by atoms with Gasteiger partial charge in [0.05, 0.1) is 11.1 Å². The number of hydrogen-bond donors (Lipinski definition) is 2. The van der Waals surface area contributed by atoms with Crippen molar-refractivity contribution in [2.45, 2.75) is 49.9 Å². The van der Waals surface area contributed by atoms with E-state index in [4.69, 9.17) is 5.73 Å². The monoisotopic (exact) mass is 712 g/mol. The fraction of sp³-hybridized carbons (Fsp3) is 0.457. The molecule has 3 aromatic rings. The van der Waals surface area contributed by atoms with Crippen LogP contribution < -0.4 is 11.1 Å². The zero-order valence-electron chi connectivity index (χ0n) is 25.8. The highest BCUT2D eigenvalue weighted by atomic mass is 79.9. The molecule has 0 aromatic heterocycles. The van der Waals surface area contributed by atoms with Crippen molar-refractivity contribution in [3.05, 3.63) is 107 Å². The third-order valence-corrected chi connectivity index (χ3v) is 8.67. The molecule has 0 aliphatic carbocycles. The molecule has 2 aliphatic rings. The van der Waals surface area contributed by atoms with Gasteiger partial charge in [-0.2, -0.15) is 26.3 Å². The quantitative estimate of drug-likeness (QED) is 0.147. The van der Waals surface area contributed by atoms with Gasteiger partial charge in [-0.05, 0) is 111 Å². The Morgan fingerprint density at radius 2 is 1.26 bits per heavy atom. The maximum absolute atomic E-state index is 12.4. The van der Waals surface area contributed by atoms with Crippen molar-refractivity contribution in [3.63, 3.8) is 0 Å². The minimum atomic E-state index is -4.25. The first-order valence-corrected chi connectivity index (χ1v) is 16.7. The van der Waals surface area contributed by atoms with E-state index in [9.17, 15) is 26.3 Å². The number of nitrogens with one attached hydrogen (secondary N) is 1. The molecule has 11 heteroatoms. The van der Waals surface area contributed by atoms with Crippen LogP contribution >= 0.6 is 15.9 Å². The Labute approximate surface area is 276 Å². The number of alkyl halides is 7. The van der Waals surface area contributed by atoms with Gasteiger partial charge in [0.15, 0.2) is 0 Å². The third-order valence-electron chi connectivity index (χ3n) is 8.03. The number of benzene rings is 3. The smallest absolute Gasteiger partial charge is 0.330 e. The van der Waals surface area contributed by atoms with E-state index in [1.807, 2.05) is 24.4 Å². The number of rotatable bonds is 7. The number of aliphatic imine (C=N–C) groups is 1. The van der Waals surface area contributed by atoms with Crippen molar-refractivity contribution in [1.82, 2.24) is 10.2 Å². The summed E-state index contributed by atoms with van der Waals surface area (Å²) in [6.07, 6.45) is -1.79. The summed E-state index contributed by atoms with van der Waals surface area (Å²) in [5, 5.41) is 3.95. The first-order chi connectivity index (χ1) is 22.0. The predicted octanol–water partition coefficient (Wildman–Crippen LogP) is 8.58. The Balaban J connectivity index is 0.000000193. The highest BCUT2D eigenvalue weighted by Gasteiger charge is 2.30. The van der Waals surface area contributed by atoms with Crippen molar-refractivity contribution in [2.75, 3.05) is 39.3 Å². The van der Waals surface area contributed by atoms with Crippen molar-refractivity contribution in [3.8, 4) is 0 Å². The minimum Gasteiger partial charge on any atom is -0.330 e. The number of hydrogen-bond acceptors (Lipinski definition) is 4. The van der Waals surface area contributed by atoms with Gasteiger partial charge in [0.2, 0.25) is 0 Å². The van der Waals surface area contributed by atoms with E-state index in [1.165, 1.54) is 30.5 Å². The van der Waals surface area contributed by atoms with E-state index in [0.29, 0.717) is 11.2 Å². The molecule has 3 aromatic carbocycles. The van der Waals surface area contributed by atoms with Crippen molar-refractivity contribution in [2.24, 2.45) is 22.6 Å². The summed E-state index contributed by atoms with van der Waals surface area (Å²) in [7, 11) is 0. The van der Waals surface area contributed by atoms with Crippen LogP contribution in [0.4, 0.5) is 26.3 Å². The molecule has 2 fully saturated rings. The highest BCUT2D eigenvalue weighted by molar-refractivity contribution is 9.08. The summed E-state index contributed by atoms with van der Waals surface area (Å²) in [5.41, 5.74) is 7.41. The van der Waals surface area contributed by atoms with Crippen LogP contribution in [0.3, 0.4) is 0 Å². The zero-order chi connectivity index (χ0) is 33.4. The van der Waals surface area contributed by atoms with Gasteiger partial charge in [0.1, 0.15) is 0 Å². The summed E-state index contributed by atoms with van der Waals surface area (Å²) in [5.74, 6) is 1.38. The second-order valence-corrected chi connectivity index (χ2v) is 12.1. The molecule has 252 valence electrons. The molecule has 0 bridgehead atoms. The van der Waals surface area contributed by atoms with E-state index in [-0.39, 0.29) is 0 Å². The van der Waals surface area contributed by atoms with Crippen molar-refractivity contribution < 1.29 is 26.3 Å². The molecule has 2 heterocycles. The minimum absolute atomic E-state index is 0.575. The van der Waals surface area contributed by atoms with Crippen LogP contribution in [0.15, 0.2) is 83.9 Å². The Morgan fingerprint density at radius 1 is 0.739 bits per heavy atom. The van der Waals surface area contributed by atoms with E-state index >= 15 is 0 Å². The predicted molar refractivity (Wildman–Crippen MR) is 177 cm³/mol. The molecule has 0 spiro atoms. The Morgan fingerprint density at radius 3 is 1.74 bits per heavy atom. The van der Waals surface area contributed by atoms with Crippen LogP contribution in [0.2, 0.25) is 0 Å². The second-order valence-electron chi connectivity index (χ2n) is 11.6. The van der Waals surface area contributed by atoms with Crippen LogP contribution in [0, 0.1) is 11.8 Å². The maximum Gasteiger partial charge on any atom is 0.416 e. The molecule has 2 aliphatic heterocycles. The average molecular weight is 714 g/mol. The van der Waals surface area contributed by atoms with Gasteiger partial charge in [-0.25, -0.2) is 0 Å². The molecule has 3 N–H and O–H groups in total. The zero-order valence-corrected chi connectivity index (χ0v) is 27.4. The number of likely N-dealkylation sites (tertiary alicyclic amines) is 1. The molecule has 0 unspecified atom stereocenters. The van der Waals surface area contributed by atoms with Gasteiger partial charge in [-0.3, -0.25) is 9.89 Å². The van der Waals surface area contributed by atoms with Crippen LogP contribution in [-0.2, 0) is 24.2 Å². The first-order valence-electron chi connectivity index (χ1n) is 15.5. The number of nitrogens with two attached hydrogens (primary N) is 1.